The van der Waals surface area contributed by atoms with Crippen molar-refractivity contribution in [1.29, 1.82) is 0 Å². The van der Waals surface area contributed by atoms with Gasteiger partial charge in [-0.15, -0.1) is 0 Å². The van der Waals surface area contributed by atoms with Crippen LogP contribution in [0.15, 0.2) is 0 Å². The van der Waals surface area contributed by atoms with Gasteiger partial charge in [-0.25, -0.2) is 4.79 Å². The molecule has 0 radical (unpaired) electrons. The van der Waals surface area contributed by atoms with Gasteiger partial charge in [-0.1, -0.05) is 0 Å². The zero-order valence-electron chi connectivity index (χ0n) is 11.8. The summed E-state index contributed by atoms with van der Waals surface area (Å²) in [5.74, 6) is -0.211. The normalized spacial score (nSPS) is 27.4. The summed E-state index contributed by atoms with van der Waals surface area (Å²) >= 11 is 0. The Morgan fingerprint density at radius 1 is 1.20 bits per heavy atom. The summed E-state index contributed by atoms with van der Waals surface area (Å²) in [5.41, 5.74) is 0. The van der Waals surface area contributed by atoms with E-state index in [0.717, 1.165) is 32.4 Å². The number of carbonyl (C=O) groups excluding carboxylic acids is 1. The molecule has 2 aliphatic rings. The van der Waals surface area contributed by atoms with E-state index >= 15 is 0 Å². The fraction of sp³-hybridized carbons (Fsp3) is 0.857. The van der Waals surface area contributed by atoms with Crippen molar-refractivity contribution in [1.82, 2.24) is 10.6 Å². The number of hydrogen-bond donors (Lipinski definition) is 3. The number of nitrogens with one attached hydrogen (secondary N) is 2. The first kappa shape index (κ1) is 15.3. The number of ether oxygens (including phenoxy) is 1. The Kier molecular flexibility index (Phi) is 5.79. The van der Waals surface area contributed by atoms with Gasteiger partial charge in [0.1, 0.15) is 0 Å². The molecule has 2 heterocycles. The van der Waals surface area contributed by atoms with Gasteiger partial charge < -0.3 is 20.5 Å². The van der Waals surface area contributed by atoms with Crippen molar-refractivity contribution in [2.45, 2.75) is 50.7 Å². The Morgan fingerprint density at radius 3 is 2.60 bits per heavy atom. The molecule has 6 nitrogen and oxygen atoms in total. The Labute approximate surface area is 119 Å². The van der Waals surface area contributed by atoms with Crippen LogP contribution in [0.5, 0.6) is 0 Å². The molecule has 6 heteroatoms. The van der Waals surface area contributed by atoms with E-state index in [9.17, 15) is 9.59 Å². The number of carbonyl (C=O) groups is 2. The Balaban J connectivity index is 1.57. The van der Waals surface area contributed by atoms with Gasteiger partial charge in [-0.2, -0.15) is 0 Å². The second kappa shape index (κ2) is 7.59. The lowest BCUT2D eigenvalue weighted by Crippen LogP contribution is -2.34. The molecule has 2 aliphatic heterocycles. The molecule has 20 heavy (non-hydrogen) atoms. The number of rotatable bonds is 6. The highest BCUT2D eigenvalue weighted by Crippen LogP contribution is 2.20. The molecule has 2 atom stereocenters. The lowest BCUT2D eigenvalue weighted by molar-refractivity contribution is -0.149. The van der Waals surface area contributed by atoms with Crippen LogP contribution in [0.1, 0.15) is 38.5 Å². The number of piperidine rings is 1. The Bertz CT molecular complexity index is 342. The molecule has 1 amide bonds. The van der Waals surface area contributed by atoms with E-state index in [1.807, 2.05) is 0 Å². The summed E-state index contributed by atoms with van der Waals surface area (Å²) in [6.07, 6.45) is 4.18. The molecule has 0 spiro atoms. The first-order valence-electron chi connectivity index (χ1n) is 7.51. The predicted octanol–water partition coefficient (Wildman–Crippen LogP) is 0.515. The minimum absolute atomic E-state index is 0.0471. The van der Waals surface area contributed by atoms with Gasteiger partial charge in [0.2, 0.25) is 5.91 Å². The molecule has 114 valence electrons. The average Bonchev–Trinajstić information content (AvgIpc) is 2.93. The molecule has 0 aromatic heterocycles. The highest BCUT2D eigenvalue weighted by Gasteiger charge is 2.30. The average molecular weight is 284 g/mol. The topological polar surface area (TPSA) is 87.7 Å². The molecule has 0 aromatic rings. The smallest absolute Gasteiger partial charge is 0.332 e. The number of carboxylic acids is 1. The van der Waals surface area contributed by atoms with Crippen molar-refractivity contribution in [3.05, 3.63) is 0 Å². The van der Waals surface area contributed by atoms with Crippen LogP contribution >= 0.6 is 0 Å². The second-order valence-corrected chi connectivity index (χ2v) is 5.70. The lowest BCUT2D eigenvalue weighted by atomic mass is 9.93. The number of aliphatic carboxylic acids is 1. The van der Waals surface area contributed by atoms with Crippen LogP contribution in [0, 0.1) is 5.92 Å². The highest BCUT2D eigenvalue weighted by atomic mass is 16.5. The first-order valence-corrected chi connectivity index (χ1v) is 7.51. The molecule has 2 rings (SSSR count). The van der Waals surface area contributed by atoms with Crippen LogP contribution in [0.3, 0.4) is 0 Å². The third-order valence-corrected chi connectivity index (χ3v) is 4.15. The maximum atomic E-state index is 11.8. The quantitative estimate of drug-likeness (QED) is 0.661. The second-order valence-electron chi connectivity index (χ2n) is 5.70. The van der Waals surface area contributed by atoms with Crippen molar-refractivity contribution in [3.8, 4) is 0 Å². The van der Waals surface area contributed by atoms with E-state index in [4.69, 9.17) is 9.84 Å². The van der Waals surface area contributed by atoms with E-state index in [0.29, 0.717) is 31.7 Å². The molecule has 2 fully saturated rings. The zero-order valence-corrected chi connectivity index (χ0v) is 11.8. The third kappa shape index (κ3) is 4.76. The maximum Gasteiger partial charge on any atom is 0.332 e. The molecule has 0 aliphatic carbocycles. The lowest BCUT2D eigenvalue weighted by Gasteiger charge is -2.22. The summed E-state index contributed by atoms with van der Waals surface area (Å²) in [5, 5.41) is 15.0. The van der Waals surface area contributed by atoms with Crippen LogP contribution in [0.25, 0.3) is 0 Å². The number of hydrogen-bond acceptors (Lipinski definition) is 4. The van der Waals surface area contributed by atoms with Gasteiger partial charge in [0.25, 0.3) is 0 Å². The van der Waals surface area contributed by atoms with Crippen molar-refractivity contribution in [3.63, 3.8) is 0 Å². The minimum Gasteiger partial charge on any atom is -0.479 e. The van der Waals surface area contributed by atoms with E-state index in [1.165, 1.54) is 0 Å². The van der Waals surface area contributed by atoms with Gasteiger partial charge >= 0.3 is 5.97 Å². The zero-order chi connectivity index (χ0) is 14.4. The van der Waals surface area contributed by atoms with E-state index in [2.05, 4.69) is 10.6 Å². The molecule has 0 bridgehead atoms. The third-order valence-electron chi connectivity index (χ3n) is 4.15. The summed E-state index contributed by atoms with van der Waals surface area (Å²) < 4.78 is 5.35. The maximum absolute atomic E-state index is 11.8. The Morgan fingerprint density at radius 2 is 1.95 bits per heavy atom. The van der Waals surface area contributed by atoms with Gasteiger partial charge in [-0.3, -0.25) is 4.79 Å². The predicted molar refractivity (Wildman–Crippen MR) is 73.4 cm³/mol. The van der Waals surface area contributed by atoms with Crippen molar-refractivity contribution >= 4 is 11.9 Å². The van der Waals surface area contributed by atoms with Gasteiger partial charge in [0.15, 0.2) is 6.10 Å². The molecule has 2 unspecified atom stereocenters. The molecular weight excluding hydrogens is 260 g/mol. The van der Waals surface area contributed by atoms with Crippen LogP contribution in [-0.2, 0) is 14.3 Å². The molecule has 0 saturated carbocycles. The molecule has 2 saturated heterocycles. The van der Waals surface area contributed by atoms with Crippen molar-refractivity contribution in [2.75, 3.05) is 19.6 Å². The van der Waals surface area contributed by atoms with Crippen LogP contribution in [-0.4, -0.2) is 48.8 Å². The standard InChI is InChI=1S/C14H24N2O4/c17-13(4-1-10-5-7-15-8-6-10)16-9-11-2-3-12(20-11)14(18)19/h10-12,15H,1-9H2,(H,16,17)(H,18,19). The monoisotopic (exact) mass is 284 g/mol. The van der Waals surface area contributed by atoms with Gasteiger partial charge in [0.05, 0.1) is 6.10 Å². The van der Waals surface area contributed by atoms with E-state index in [1.54, 1.807) is 0 Å². The molecule has 0 aromatic carbocycles. The first-order chi connectivity index (χ1) is 9.65. The Hall–Kier alpha value is -1.14. The summed E-state index contributed by atoms with van der Waals surface area (Å²) in [7, 11) is 0. The summed E-state index contributed by atoms with van der Waals surface area (Å²) in [6, 6.07) is 0. The van der Waals surface area contributed by atoms with Crippen LogP contribution < -0.4 is 10.6 Å². The molecule has 3 N–H and O–H groups in total. The van der Waals surface area contributed by atoms with Crippen molar-refractivity contribution < 1.29 is 19.4 Å². The summed E-state index contributed by atoms with van der Waals surface area (Å²) in [4.78, 5) is 22.5. The van der Waals surface area contributed by atoms with Gasteiger partial charge in [-0.05, 0) is 51.1 Å². The molecular formula is C14H24N2O4. The van der Waals surface area contributed by atoms with Crippen LogP contribution in [0.2, 0.25) is 0 Å². The van der Waals surface area contributed by atoms with Gasteiger partial charge in [0, 0.05) is 13.0 Å². The van der Waals surface area contributed by atoms with E-state index in [-0.39, 0.29) is 12.0 Å². The van der Waals surface area contributed by atoms with Crippen molar-refractivity contribution in [2.24, 2.45) is 5.92 Å². The number of amides is 1. The SMILES string of the molecule is O=C(CCC1CCNCC1)NCC1CCC(C(=O)O)O1. The fourth-order valence-corrected chi connectivity index (χ4v) is 2.86. The van der Waals surface area contributed by atoms with Crippen LogP contribution in [0.4, 0.5) is 0 Å². The fourth-order valence-electron chi connectivity index (χ4n) is 2.86. The minimum atomic E-state index is -0.912. The summed E-state index contributed by atoms with van der Waals surface area (Å²) in [6.45, 7) is 2.53. The van der Waals surface area contributed by atoms with E-state index < -0.39 is 12.1 Å². The largest absolute Gasteiger partial charge is 0.479 e. The number of carboxylic acid groups (broad SMARTS) is 1. The highest BCUT2D eigenvalue weighted by molar-refractivity contribution is 5.76.